The van der Waals surface area contributed by atoms with Gasteiger partial charge < -0.3 is 10.0 Å². The number of aliphatic imine (C=N–C) groups is 2. The van der Waals surface area contributed by atoms with Crippen LogP contribution >= 0.6 is 12.2 Å². The van der Waals surface area contributed by atoms with Gasteiger partial charge in [0.1, 0.15) is 5.75 Å². The van der Waals surface area contributed by atoms with E-state index >= 15 is 0 Å². The molecule has 6 rings (SSSR count). The fourth-order valence-electron chi connectivity index (χ4n) is 4.76. The van der Waals surface area contributed by atoms with E-state index in [4.69, 9.17) is 27.3 Å². The Balaban J connectivity index is 1.44. The number of hydrogen-bond acceptors (Lipinski definition) is 6. The van der Waals surface area contributed by atoms with Crippen LogP contribution in [0, 0.1) is 0 Å². The molecule has 7 nitrogen and oxygen atoms in total. The molecule has 2 aliphatic heterocycles. The molecule has 0 spiro atoms. The van der Waals surface area contributed by atoms with Crippen molar-refractivity contribution in [3.05, 3.63) is 115 Å². The molecule has 0 amide bonds. The van der Waals surface area contributed by atoms with Gasteiger partial charge in [-0.2, -0.15) is 10.1 Å². The van der Waals surface area contributed by atoms with Gasteiger partial charge in [0.05, 0.1) is 23.3 Å². The molecule has 4 aromatic rings. The number of rotatable bonds is 6. The minimum atomic E-state index is 0.165. The molecule has 2 fully saturated rings. The van der Waals surface area contributed by atoms with Gasteiger partial charge in [-0.15, -0.1) is 0 Å². The van der Waals surface area contributed by atoms with Crippen molar-refractivity contribution < 1.29 is 5.11 Å². The molecule has 0 radical (unpaired) electrons. The molecule has 1 N–H and O–H groups in total. The highest BCUT2D eigenvalue weighted by atomic mass is 32.1. The van der Waals surface area contributed by atoms with Crippen LogP contribution < -0.4 is 9.80 Å². The molecule has 0 atom stereocenters. The van der Waals surface area contributed by atoms with E-state index in [9.17, 15) is 5.11 Å². The molecule has 2 aliphatic rings. The van der Waals surface area contributed by atoms with Crippen LogP contribution in [0.3, 0.4) is 0 Å². The number of phenolic OH excluding ortho intramolecular Hbond substituents is 1. The summed E-state index contributed by atoms with van der Waals surface area (Å²) in [6.45, 7) is 2.01. The van der Waals surface area contributed by atoms with E-state index in [2.05, 4.69) is 4.90 Å². The predicted molar refractivity (Wildman–Crippen MR) is 168 cm³/mol. The van der Waals surface area contributed by atoms with Crippen molar-refractivity contribution in [3.8, 4) is 5.75 Å². The number of para-hydroxylation sites is 3. The zero-order valence-electron chi connectivity index (χ0n) is 21.8. The van der Waals surface area contributed by atoms with E-state index in [0.717, 1.165) is 35.8 Å². The Morgan fingerprint density at radius 2 is 1.25 bits per heavy atom. The Labute approximate surface area is 239 Å². The van der Waals surface area contributed by atoms with E-state index in [1.807, 2.05) is 108 Å². The fraction of sp³-hybridized carbons (Fsp3) is 0.125. The summed E-state index contributed by atoms with van der Waals surface area (Å²) in [5.41, 5.74) is 3.96. The molecule has 40 heavy (non-hydrogen) atoms. The number of hydrazone groups is 1. The number of nitrogens with zero attached hydrogens (tertiary/aromatic N) is 6. The van der Waals surface area contributed by atoms with Crippen molar-refractivity contribution in [2.45, 2.75) is 12.8 Å². The zero-order chi connectivity index (χ0) is 27.3. The van der Waals surface area contributed by atoms with Gasteiger partial charge in [-0.1, -0.05) is 54.6 Å². The monoisotopic (exact) mass is 544 g/mol. The fourth-order valence-corrected chi connectivity index (χ4v) is 5.09. The second-order valence-electron chi connectivity index (χ2n) is 9.49. The number of anilines is 2. The Morgan fingerprint density at radius 1 is 0.675 bits per heavy atom. The third kappa shape index (κ3) is 5.34. The Kier molecular flexibility index (Phi) is 7.32. The highest BCUT2D eigenvalue weighted by molar-refractivity contribution is 7.80. The number of benzene rings is 4. The summed E-state index contributed by atoms with van der Waals surface area (Å²) >= 11 is 5.98. The molecule has 2 heterocycles. The molecule has 8 heteroatoms. The minimum absolute atomic E-state index is 0.165. The SMILES string of the molecule is Oc1cc(N2CCCC2)ccc1C=NN1C(=S)N(c2ccccc2)C(=Nc2ccccc2)C1=Nc1ccccc1. The summed E-state index contributed by atoms with van der Waals surface area (Å²) in [6, 6.07) is 34.9. The van der Waals surface area contributed by atoms with Crippen LogP contribution in [0.15, 0.2) is 124 Å². The lowest BCUT2D eigenvalue weighted by Crippen LogP contribution is -2.31. The normalized spacial score (nSPS) is 17.6. The molecule has 0 bridgehead atoms. The van der Waals surface area contributed by atoms with Gasteiger partial charge in [-0.25, -0.2) is 9.98 Å². The summed E-state index contributed by atoms with van der Waals surface area (Å²) in [7, 11) is 0. The topological polar surface area (TPSA) is 67.0 Å². The largest absolute Gasteiger partial charge is 0.507 e. The number of thiocarbonyl (C=S) groups is 1. The lowest BCUT2D eigenvalue weighted by atomic mass is 10.2. The molecule has 4 aromatic carbocycles. The summed E-state index contributed by atoms with van der Waals surface area (Å²) in [5, 5.41) is 17.6. The zero-order valence-corrected chi connectivity index (χ0v) is 22.7. The summed E-state index contributed by atoms with van der Waals surface area (Å²) in [6.07, 6.45) is 3.96. The third-order valence-corrected chi connectivity index (χ3v) is 7.13. The van der Waals surface area contributed by atoms with Crippen LogP contribution in [-0.4, -0.2) is 46.2 Å². The maximum absolute atomic E-state index is 10.8. The second kappa shape index (κ2) is 11.5. The van der Waals surface area contributed by atoms with Gasteiger partial charge in [-0.3, -0.25) is 4.90 Å². The van der Waals surface area contributed by atoms with Crippen molar-refractivity contribution in [1.82, 2.24) is 5.01 Å². The highest BCUT2D eigenvalue weighted by Crippen LogP contribution is 2.29. The van der Waals surface area contributed by atoms with Gasteiger partial charge in [0.15, 0.2) is 5.84 Å². The first-order chi connectivity index (χ1) is 19.7. The summed E-state index contributed by atoms with van der Waals surface area (Å²) in [5.74, 6) is 1.20. The van der Waals surface area contributed by atoms with Crippen molar-refractivity contribution in [1.29, 1.82) is 0 Å². The van der Waals surface area contributed by atoms with E-state index in [1.54, 1.807) is 17.3 Å². The number of aromatic hydroxyl groups is 1. The number of amidine groups is 2. The Hall–Kier alpha value is -4.82. The molecular weight excluding hydrogens is 516 g/mol. The van der Waals surface area contributed by atoms with E-state index in [0.29, 0.717) is 22.3 Å². The van der Waals surface area contributed by atoms with Crippen molar-refractivity contribution in [3.63, 3.8) is 0 Å². The Morgan fingerprint density at radius 3 is 1.85 bits per heavy atom. The van der Waals surface area contributed by atoms with Crippen molar-refractivity contribution in [2.24, 2.45) is 15.1 Å². The van der Waals surface area contributed by atoms with E-state index < -0.39 is 0 Å². The maximum atomic E-state index is 10.8. The quantitative estimate of drug-likeness (QED) is 0.211. The van der Waals surface area contributed by atoms with Gasteiger partial charge >= 0.3 is 0 Å². The number of hydrogen-bond donors (Lipinski definition) is 1. The predicted octanol–water partition coefficient (Wildman–Crippen LogP) is 6.89. The first-order valence-corrected chi connectivity index (χ1v) is 13.7. The maximum Gasteiger partial charge on any atom is 0.209 e. The molecule has 0 aromatic heterocycles. The second-order valence-corrected chi connectivity index (χ2v) is 9.85. The van der Waals surface area contributed by atoms with Gasteiger partial charge in [0.25, 0.3) is 0 Å². The van der Waals surface area contributed by atoms with Crippen LogP contribution in [0.4, 0.5) is 22.7 Å². The third-order valence-electron chi connectivity index (χ3n) is 6.78. The molecule has 0 aliphatic carbocycles. The average Bonchev–Trinajstić information content (AvgIpc) is 3.61. The lowest BCUT2D eigenvalue weighted by Gasteiger charge is -2.18. The number of phenols is 1. The van der Waals surface area contributed by atoms with Crippen molar-refractivity contribution >= 4 is 58.0 Å². The van der Waals surface area contributed by atoms with E-state index in [1.165, 1.54) is 12.8 Å². The highest BCUT2D eigenvalue weighted by Gasteiger charge is 2.39. The standard InChI is InChI=1S/C32H28N6OS/c39-29-22-28(36-20-10-11-21-36)19-18-24(29)23-33-38-31(35-26-14-6-2-7-15-26)30(34-25-12-4-1-5-13-25)37(32(38)40)27-16-8-3-9-17-27/h1-9,12-19,22-23,39H,10-11,20-21H2. The minimum Gasteiger partial charge on any atom is -0.507 e. The lowest BCUT2D eigenvalue weighted by molar-refractivity contribution is 0.474. The average molecular weight is 545 g/mol. The van der Waals surface area contributed by atoms with Crippen LogP contribution in [-0.2, 0) is 0 Å². The molecule has 0 unspecified atom stereocenters. The first kappa shape index (κ1) is 25.5. The van der Waals surface area contributed by atoms with Crippen LogP contribution in [0.2, 0.25) is 0 Å². The van der Waals surface area contributed by atoms with Gasteiger partial charge in [-0.05, 0) is 73.6 Å². The van der Waals surface area contributed by atoms with Crippen molar-refractivity contribution in [2.75, 3.05) is 22.9 Å². The van der Waals surface area contributed by atoms with Gasteiger partial charge in [0.2, 0.25) is 10.9 Å². The van der Waals surface area contributed by atoms with Gasteiger partial charge in [0, 0.05) is 30.4 Å². The van der Waals surface area contributed by atoms with Crippen LogP contribution in [0.1, 0.15) is 18.4 Å². The molecule has 198 valence electrons. The first-order valence-electron chi connectivity index (χ1n) is 13.3. The smallest absolute Gasteiger partial charge is 0.209 e. The van der Waals surface area contributed by atoms with Crippen LogP contribution in [0.25, 0.3) is 0 Å². The summed E-state index contributed by atoms with van der Waals surface area (Å²) < 4.78 is 0. The Bertz CT molecular complexity index is 1580. The molecule has 2 saturated heterocycles. The molecular formula is C32H28N6OS. The summed E-state index contributed by atoms with van der Waals surface area (Å²) in [4.78, 5) is 14.1. The van der Waals surface area contributed by atoms with Crippen LogP contribution in [0.5, 0.6) is 5.75 Å². The van der Waals surface area contributed by atoms with E-state index in [-0.39, 0.29) is 5.75 Å². The molecule has 0 saturated carbocycles.